The summed E-state index contributed by atoms with van der Waals surface area (Å²) in [4.78, 5) is 8.43. The summed E-state index contributed by atoms with van der Waals surface area (Å²) >= 11 is 5.97. The molecular formula is C15H14ClN5. The lowest BCUT2D eigenvalue weighted by Crippen LogP contribution is -2.27. The molecule has 6 heteroatoms. The minimum atomic E-state index is 0.227. The highest BCUT2D eigenvalue weighted by Gasteiger charge is 2.20. The first-order valence-corrected chi connectivity index (χ1v) is 7.37. The molecular weight excluding hydrogens is 286 g/mol. The van der Waals surface area contributed by atoms with Gasteiger partial charge in [0.25, 0.3) is 0 Å². The van der Waals surface area contributed by atoms with E-state index in [9.17, 15) is 0 Å². The van der Waals surface area contributed by atoms with E-state index in [2.05, 4.69) is 49.7 Å². The van der Waals surface area contributed by atoms with E-state index in [0.29, 0.717) is 11.7 Å². The molecule has 0 fully saturated rings. The number of rotatable bonds is 2. The van der Waals surface area contributed by atoms with Crippen LogP contribution >= 0.6 is 11.6 Å². The van der Waals surface area contributed by atoms with Crippen molar-refractivity contribution in [3.8, 4) is 0 Å². The third-order valence-corrected chi connectivity index (χ3v) is 4.14. The number of anilines is 1. The number of aryl methyl sites for hydroxylation is 1. The smallest absolute Gasteiger partial charge is 0.226 e. The standard InChI is InChI=1S/C15H14ClN5/c16-15-19-13(12-8-17-21-14(12)20-15)18-11-6-5-9-3-1-2-4-10(9)7-11/h1-4,8,11H,5-7H2,(H2,17,18,19,20,21). The zero-order chi connectivity index (χ0) is 14.2. The maximum absolute atomic E-state index is 5.97. The quantitative estimate of drug-likeness (QED) is 0.714. The van der Waals surface area contributed by atoms with E-state index in [1.165, 1.54) is 11.1 Å². The zero-order valence-electron chi connectivity index (χ0n) is 11.3. The van der Waals surface area contributed by atoms with Crippen molar-refractivity contribution in [3.63, 3.8) is 0 Å². The van der Waals surface area contributed by atoms with Crippen molar-refractivity contribution < 1.29 is 0 Å². The van der Waals surface area contributed by atoms with Gasteiger partial charge in [0.2, 0.25) is 5.28 Å². The van der Waals surface area contributed by atoms with Gasteiger partial charge in [-0.25, -0.2) is 0 Å². The molecule has 4 rings (SSSR count). The molecule has 3 aromatic rings. The third kappa shape index (κ3) is 2.34. The number of fused-ring (bicyclic) bond motifs is 2. The SMILES string of the molecule is Clc1nc(NC2CCc3ccccc3C2)c2cn[nH]c2n1. The minimum Gasteiger partial charge on any atom is -0.366 e. The van der Waals surface area contributed by atoms with Crippen LogP contribution in [0.1, 0.15) is 17.5 Å². The van der Waals surface area contributed by atoms with Crippen LogP contribution in [0.2, 0.25) is 5.28 Å². The second kappa shape index (κ2) is 5.00. The predicted octanol–water partition coefficient (Wildman–Crippen LogP) is 2.98. The molecule has 1 atom stereocenters. The van der Waals surface area contributed by atoms with Gasteiger partial charge in [0, 0.05) is 6.04 Å². The molecule has 106 valence electrons. The van der Waals surface area contributed by atoms with E-state index in [-0.39, 0.29) is 5.28 Å². The van der Waals surface area contributed by atoms with Gasteiger partial charge >= 0.3 is 0 Å². The molecule has 1 aliphatic carbocycles. The van der Waals surface area contributed by atoms with E-state index < -0.39 is 0 Å². The molecule has 1 unspecified atom stereocenters. The molecule has 0 saturated carbocycles. The second-order valence-electron chi connectivity index (χ2n) is 5.33. The molecule has 0 aliphatic heterocycles. The maximum atomic E-state index is 5.97. The van der Waals surface area contributed by atoms with Crippen LogP contribution in [0.5, 0.6) is 0 Å². The largest absolute Gasteiger partial charge is 0.366 e. The summed E-state index contributed by atoms with van der Waals surface area (Å²) < 4.78 is 0. The van der Waals surface area contributed by atoms with Crippen molar-refractivity contribution in [3.05, 3.63) is 46.9 Å². The average Bonchev–Trinajstić information content (AvgIpc) is 2.95. The summed E-state index contributed by atoms with van der Waals surface area (Å²) in [5.41, 5.74) is 3.52. The van der Waals surface area contributed by atoms with Crippen molar-refractivity contribution in [1.82, 2.24) is 20.2 Å². The number of H-pyrrole nitrogens is 1. The highest BCUT2D eigenvalue weighted by atomic mass is 35.5. The lowest BCUT2D eigenvalue weighted by atomic mass is 9.88. The Morgan fingerprint density at radius 1 is 1.19 bits per heavy atom. The number of hydrogen-bond donors (Lipinski definition) is 2. The number of aromatic amines is 1. The molecule has 1 aliphatic rings. The first-order valence-electron chi connectivity index (χ1n) is 6.99. The summed E-state index contributed by atoms with van der Waals surface area (Å²) in [6.07, 6.45) is 4.89. The molecule has 2 N–H and O–H groups in total. The zero-order valence-corrected chi connectivity index (χ0v) is 12.1. The second-order valence-corrected chi connectivity index (χ2v) is 5.66. The van der Waals surface area contributed by atoms with Crippen LogP contribution in [-0.4, -0.2) is 26.2 Å². The minimum absolute atomic E-state index is 0.227. The van der Waals surface area contributed by atoms with Crippen molar-refractivity contribution >= 4 is 28.5 Å². The third-order valence-electron chi connectivity index (χ3n) is 3.97. The number of hydrogen-bond acceptors (Lipinski definition) is 4. The fraction of sp³-hybridized carbons (Fsp3) is 0.267. The molecule has 0 radical (unpaired) electrons. The Morgan fingerprint density at radius 3 is 2.95 bits per heavy atom. The van der Waals surface area contributed by atoms with E-state index in [0.717, 1.165) is 30.5 Å². The van der Waals surface area contributed by atoms with Gasteiger partial charge in [0.05, 0.1) is 11.6 Å². The van der Waals surface area contributed by atoms with E-state index in [1.54, 1.807) is 6.20 Å². The van der Waals surface area contributed by atoms with Gasteiger partial charge < -0.3 is 5.32 Å². The van der Waals surface area contributed by atoms with Gasteiger partial charge in [-0.3, -0.25) is 5.10 Å². The normalized spacial score (nSPS) is 17.7. The van der Waals surface area contributed by atoms with Gasteiger partial charge in [-0.1, -0.05) is 24.3 Å². The average molecular weight is 300 g/mol. The van der Waals surface area contributed by atoms with Crippen molar-refractivity contribution in [2.45, 2.75) is 25.3 Å². The van der Waals surface area contributed by atoms with Gasteiger partial charge in [-0.2, -0.15) is 15.1 Å². The van der Waals surface area contributed by atoms with Gasteiger partial charge in [-0.05, 0) is 42.0 Å². The van der Waals surface area contributed by atoms with E-state index >= 15 is 0 Å². The number of benzene rings is 1. The molecule has 2 heterocycles. The first-order chi connectivity index (χ1) is 10.3. The van der Waals surface area contributed by atoms with Gasteiger partial charge in [0.15, 0.2) is 5.65 Å². The lowest BCUT2D eigenvalue weighted by Gasteiger charge is -2.26. The highest BCUT2D eigenvalue weighted by molar-refractivity contribution is 6.28. The fourth-order valence-corrected chi connectivity index (χ4v) is 3.10. The number of nitrogens with one attached hydrogen (secondary N) is 2. The van der Waals surface area contributed by atoms with E-state index in [1.807, 2.05) is 0 Å². The monoisotopic (exact) mass is 299 g/mol. The maximum Gasteiger partial charge on any atom is 0.226 e. The van der Waals surface area contributed by atoms with Crippen molar-refractivity contribution in [2.24, 2.45) is 0 Å². The number of aromatic nitrogens is 4. The number of halogens is 1. The van der Waals surface area contributed by atoms with Gasteiger partial charge in [0.1, 0.15) is 5.82 Å². The fourth-order valence-electron chi connectivity index (χ4n) is 2.93. The van der Waals surface area contributed by atoms with Crippen molar-refractivity contribution in [2.75, 3.05) is 5.32 Å². The van der Waals surface area contributed by atoms with Crippen LogP contribution in [0.15, 0.2) is 30.5 Å². The first kappa shape index (κ1) is 12.6. The van der Waals surface area contributed by atoms with Gasteiger partial charge in [-0.15, -0.1) is 0 Å². The van der Waals surface area contributed by atoms with E-state index in [4.69, 9.17) is 11.6 Å². The Balaban J connectivity index is 1.63. The summed E-state index contributed by atoms with van der Waals surface area (Å²) in [6.45, 7) is 0. The summed E-state index contributed by atoms with van der Waals surface area (Å²) in [5, 5.41) is 11.4. The number of nitrogens with zero attached hydrogens (tertiary/aromatic N) is 3. The Morgan fingerprint density at radius 2 is 2.05 bits per heavy atom. The Labute approximate surface area is 126 Å². The summed E-state index contributed by atoms with van der Waals surface area (Å²) in [5.74, 6) is 0.753. The molecule has 0 amide bonds. The molecule has 0 spiro atoms. The van der Waals surface area contributed by atoms with Crippen molar-refractivity contribution in [1.29, 1.82) is 0 Å². The Hall–Kier alpha value is -2.14. The Bertz CT molecular complexity index is 798. The molecule has 2 aromatic heterocycles. The lowest BCUT2D eigenvalue weighted by molar-refractivity contribution is 0.609. The molecule has 1 aromatic carbocycles. The topological polar surface area (TPSA) is 66.5 Å². The Kier molecular flexibility index (Phi) is 3.00. The van der Waals surface area contributed by atoms with Crippen LogP contribution in [0.3, 0.4) is 0 Å². The predicted molar refractivity (Wildman–Crippen MR) is 82.6 cm³/mol. The summed E-state index contributed by atoms with van der Waals surface area (Å²) in [6, 6.07) is 8.96. The van der Waals surface area contributed by atoms with Crippen LogP contribution < -0.4 is 5.32 Å². The summed E-state index contributed by atoms with van der Waals surface area (Å²) in [7, 11) is 0. The van der Waals surface area contributed by atoms with Crippen LogP contribution in [-0.2, 0) is 12.8 Å². The van der Waals surface area contributed by atoms with Crippen LogP contribution in [0.4, 0.5) is 5.82 Å². The van der Waals surface area contributed by atoms with Crippen LogP contribution in [0, 0.1) is 0 Å². The molecule has 0 saturated heterocycles. The molecule has 21 heavy (non-hydrogen) atoms. The highest BCUT2D eigenvalue weighted by Crippen LogP contribution is 2.26. The molecule has 5 nitrogen and oxygen atoms in total. The van der Waals surface area contributed by atoms with Crippen LogP contribution in [0.25, 0.3) is 11.0 Å². The molecule has 0 bridgehead atoms.